The van der Waals surface area contributed by atoms with Gasteiger partial charge < -0.3 is 10.5 Å². The minimum absolute atomic E-state index is 0.118. The number of nitrogens with zero attached hydrogens (tertiary/aromatic N) is 1. The quantitative estimate of drug-likeness (QED) is 0.666. The molecule has 0 unspecified atom stereocenters. The number of carbonyl (C=O) groups excluding carboxylic acids is 1. The Morgan fingerprint density at radius 1 is 1.67 bits per heavy atom. The van der Waals surface area contributed by atoms with Crippen molar-refractivity contribution in [3.63, 3.8) is 0 Å². The molecule has 0 saturated carbocycles. The number of anilines is 1. The van der Waals surface area contributed by atoms with E-state index in [-0.39, 0.29) is 21.5 Å². The first kappa shape index (κ1) is 11.8. The van der Waals surface area contributed by atoms with Gasteiger partial charge >= 0.3 is 5.97 Å². The average Bonchev–Trinajstić information content (AvgIpc) is 2.19. The lowest BCUT2D eigenvalue weighted by Gasteiger charge is -2.07. The van der Waals surface area contributed by atoms with Crippen molar-refractivity contribution in [2.24, 2.45) is 0 Å². The van der Waals surface area contributed by atoms with Crippen molar-refractivity contribution in [1.82, 2.24) is 4.98 Å². The van der Waals surface area contributed by atoms with Crippen LogP contribution in [0.3, 0.4) is 0 Å². The SMILES string of the molecule is COC(=O)c1nc(Br)c(C(F)F)cc1N. The van der Waals surface area contributed by atoms with Crippen molar-refractivity contribution in [1.29, 1.82) is 0 Å². The summed E-state index contributed by atoms with van der Waals surface area (Å²) in [5, 5.41) is 0. The molecule has 0 aliphatic carbocycles. The summed E-state index contributed by atoms with van der Waals surface area (Å²) in [6, 6.07) is 0.994. The van der Waals surface area contributed by atoms with Gasteiger partial charge in [0.2, 0.25) is 0 Å². The van der Waals surface area contributed by atoms with Gasteiger partial charge in [0.25, 0.3) is 6.43 Å². The lowest BCUT2D eigenvalue weighted by atomic mass is 10.2. The first-order valence-corrected chi connectivity index (χ1v) is 4.59. The predicted molar refractivity (Wildman–Crippen MR) is 52.6 cm³/mol. The van der Waals surface area contributed by atoms with Gasteiger partial charge in [-0.2, -0.15) is 0 Å². The molecular weight excluding hydrogens is 274 g/mol. The van der Waals surface area contributed by atoms with E-state index in [4.69, 9.17) is 5.73 Å². The number of aromatic nitrogens is 1. The number of hydrogen-bond acceptors (Lipinski definition) is 4. The topological polar surface area (TPSA) is 65.2 Å². The number of hydrogen-bond donors (Lipinski definition) is 1. The van der Waals surface area contributed by atoms with Gasteiger partial charge in [0, 0.05) is 0 Å². The fraction of sp³-hybridized carbons (Fsp3) is 0.250. The standard InChI is InChI=1S/C8H7BrF2N2O2/c1-15-8(14)5-4(12)2-3(7(10)11)6(9)13-5/h2,7H,12H2,1H3. The van der Waals surface area contributed by atoms with Crippen LogP contribution < -0.4 is 5.73 Å². The molecule has 7 heteroatoms. The second-order valence-electron chi connectivity index (χ2n) is 2.60. The fourth-order valence-corrected chi connectivity index (χ4v) is 1.40. The summed E-state index contributed by atoms with van der Waals surface area (Å²) in [6.07, 6.45) is -2.71. The summed E-state index contributed by atoms with van der Waals surface area (Å²) < 4.78 is 29.0. The molecule has 0 spiro atoms. The zero-order chi connectivity index (χ0) is 11.6. The Bertz CT molecular complexity index is 398. The molecule has 1 rings (SSSR count). The second-order valence-corrected chi connectivity index (χ2v) is 3.35. The number of alkyl halides is 2. The van der Waals surface area contributed by atoms with Crippen LogP contribution in [0.25, 0.3) is 0 Å². The molecule has 4 nitrogen and oxygen atoms in total. The molecule has 1 heterocycles. The van der Waals surface area contributed by atoms with E-state index < -0.39 is 12.4 Å². The highest BCUT2D eigenvalue weighted by Gasteiger charge is 2.19. The van der Waals surface area contributed by atoms with Crippen molar-refractivity contribution in [2.75, 3.05) is 12.8 Å². The van der Waals surface area contributed by atoms with Gasteiger partial charge in [0.1, 0.15) is 4.60 Å². The van der Waals surface area contributed by atoms with E-state index in [1.54, 1.807) is 0 Å². The number of halogens is 3. The molecule has 0 aromatic carbocycles. The summed E-state index contributed by atoms with van der Waals surface area (Å²) >= 11 is 2.82. The summed E-state index contributed by atoms with van der Waals surface area (Å²) in [5.41, 5.74) is 4.70. The van der Waals surface area contributed by atoms with Crippen molar-refractivity contribution in [3.05, 3.63) is 21.9 Å². The molecule has 0 aliphatic rings. The van der Waals surface area contributed by atoms with Gasteiger partial charge in [0.15, 0.2) is 5.69 Å². The molecule has 0 saturated heterocycles. The van der Waals surface area contributed by atoms with Crippen LogP contribution in [0.5, 0.6) is 0 Å². The summed E-state index contributed by atoms with van der Waals surface area (Å²) in [6.45, 7) is 0. The average molecular weight is 281 g/mol. The van der Waals surface area contributed by atoms with Gasteiger partial charge in [-0.25, -0.2) is 18.6 Å². The Hall–Kier alpha value is -1.24. The predicted octanol–water partition coefficient (Wildman–Crippen LogP) is 2.15. The Morgan fingerprint density at radius 3 is 2.73 bits per heavy atom. The molecule has 82 valence electrons. The van der Waals surface area contributed by atoms with E-state index >= 15 is 0 Å². The molecule has 0 fully saturated rings. The maximum atomic E-state index is 12.4. The molecule has 2 N–H and O–H groups in total. The number of esters is 1. The maximum Gasteiger partial charge on any atom is 0.358 e. The van der Waals surface area contributed by atoms with Crippen LogP contribution in [-0.2, 0) is 4.74 Å². The van der Waals surface area contributed by atoms with E-state index in [9.17, 15) is 13.6 Å². The molecule has 15 heavy (non-hydrogen) atoms. The van der Waals surface area contributed by atoms with E-state index in [0.717, 1.165) is 13.2 Å². The minimum atomic E-state index is -2.71. The number of methoxy groups -OCH3 is 1. The number of carbonyl (C=O) groups is 1. The number of rotatable bonds is 2. The van der Waals surface area contributed by atoms with Crippen LogP contribution in [0.2, 0.25) is 0 Å². The van der Waals surface area contributed by atoms with Crippen LogP contribution in [-0.4, -0.2) is 18.1 Å². The van der Waals surface area contributed by atoms with Crippen molar-refractivity contribution in [3.8, 4) is 0 Å². The zero-order valence-corrected chi connectivity index (χ0v) is 9.22. The molecule has 0 radical (unpaired) electrons. The van der Waals surface area contributed by atoms with E-state index in [1.807, 2.05) is 0 Å². The molecule has 0 aliphatic heterocycles. The smallest absolute Gasteiger partial charge is 0.358 e. The van der Waals surface area contributed by atoms with E-state index in [2.05, 4.69) is 25.7 Å². The van der Waals surface area contributed by atoms with Crippen LogP contribution >= 0.6 is 15.9 Å². The third-order valence-corrected chi connectivity index (χ3v) is 2.28. The maximum absolute atomic E-state index is 12.4. The van der Waals surface area contributed by atoms with Crippen molar-refractivity contribution >= 4 is 27.6 Å². The number of nitrogen functional groups attached to an aromatic ring is 1. The third-order valence-electron chi connectivity index (χ3n) is 1.65. The monoisotopic (exact) mass is 280 g/mol. The highest BCUT2D eigenvalue weighted by atomic mass is 79.9. The Balaban J connectivity index is 3.25. The highest BCUT2D eigenvalue weighted by molar-refractivity contribution is 9.10. The largest absolute Gasteiger partial charge is 0.464 e. The summed E-state index contributed by atoms with van der Waals surface area (Å²) in [7, 11) is 1.15. The second kappa shape index (κ2) is 4.52. The fourth-order valence-electron chi connectivity index (χ4n) is 0.936. The van der Waals surface area contributed by atoms with Crippen LogP contribution in [0.4, 0.5) is 14.5 Å². The molecule has 0 atom stereocenters. The number of nitrogens with two attached hydrogens (primary N) is 1. The van der Waals surface area contributed by atoms with Gasteiger partial charge in [-0.15, -0.1) is 0 Å². The zero-order valence-electron chi connectivity index (χ0n) is 7.63. The van der Waals surface area contributed by atoms with Crippen LogP contribution in [0.1, 0.15) is 22.5 Å². The normalized spacial score (nSPS) is 10.5. The van der Waals surface area contributed by atoms with Crippen LogP contribution in [0.15, 0.2) is 10.7 Å². The molecular formula is C8H7BrF2N2O2. The summed E-state index contributed by atoms with van der Waals surface area (Å²) in [4.78, 5) is 14.7. The first-order valence-electron chi connectivity index (χ1n) is 3.79. The molecule has 1 aromatic rings. The highest BCUT2D eigenvalue weighted by Crippen LogP contribution is 2.28. The van der Waals surface area contributed by atoms with E-state index in [0.29, 0.717) is 0 Å². The molecule has 0 bridgehead atoms. The van der Waals surface area contributed by atoms with E-state index in [1.165, 1.54) is 0 Å². The minimum Gasteiger partial charge on any atom is -0.464 e. The van der Waals surface area contributed by atoms with Gasteiger partial charge in [-0.3, -0.25) is 0 Å². The summed E-state index contributed by atoms with van der Waals surface area (Å²) in [5.74, 6) is -0.769. The lowest BCUT2D eigenvalue weighted by molar-refractivity contribution is 0.0594. The van der Waals surface area contributed by atoms with Gasteiger partial charge in [-0.1, -0.05) is 0 Å². The third kappa shape index (κ3) is 2.41. The van der Waals surface area contributed by atoms with Gasteiger partial charge in [0.05, 0.1) is 18.4 Å². The molecule has 1 aromatic heterocycles. The first-order chi connectivity index (χ1) is 6.97. The lowest BCUT2D eigenvalue weighted by Crippen LogP contribution is -2.10. The Kier molecular flexibility index (Phi) is 3.57. The Labute approximate surface area is 92.6 Å². The van der Waals surface area contributed by atoms with Crippen molar-refractivity contribution < 1.29 is 18.3 Å². The molecule has 0 amide bonds. The Morgan fingerprint density at radius 2 is 2.27 bits per heavy atom. The van der Waals surface area contributed by atoms with Crippen LogP contribution in [0, 0.1) is 0 Å². The number of pyridine rings is 1. The number of ether oxygens (including phenoxy) is 1. The van der Waals surface area contributed by atoms with Gasteiger partial charge in [-0.05, 0) is 22.0 Å². The van der Waals surface area contributed by atoms with Crippen molar-refractivity contribution in [2.45, 2.75) is 6.43 Å².